The lowest BCUT2D eigenvalue weighted by Gasteiger charge is -2.21. The average molecular weight is 411 g/mol. The number of fused-ring (bicyclic) bond motifs is 1. The summed E-state index contributed by atoms with van der Waals surface area (Å²) in [6.07, 6.45) is 3.83. The zero-order chi connectivity index (χ0) is 21.3. The number of rotatable bonds is 5. The topological polar surface area (TPSA) is 96.3 Å². The van der Waals surface area contributed by atoms with E-state index in [-0.39, 0.29) is 23.7 Å². The molecule has 8 nitrogen and oxygen atoms in total. The molecule has 1 saturated carbocycles. The quantitative estimate of drug-likeness (QED) is 0.543. The Morgan fingerprint density at radius 3 is 2.37 bits per heavy atom. The SMILES string of the molecule is C[C@@H](C(=O)OCC(=O)N1CCC(c2ccccc2)=N1)N1C(=O)[C@@H]2CCCC[C@H]2C1=O. The van der Waals surface area contributed by atoms with E-state index in [2.05, 4.69) is 5.10 Å². The number of amides is 3. The second-order valence-electron chi connectivity index (χ2n) is 8.01. The predicted octanol–water partition coefficient (Wildman–Crippen LogP) is 1.73. The maximum Gasteiger partial charge on any atom is 0.329 e. The van der Waals surface area contributed by atoms with Crippen LogP contribution < -0.4 is 0 Å². The summed E-state index contributed by atoms with van der Waals surface area (Å²) < 4.78 is 5.14. The van der Waals surface area contributed by atoms with Crippen LogP contribution in [0.5, 0.6) is 0 Å². The van der Waals surface area contributed by atoms with Gasteiger partial charge in [0.05, 0.1) is 24.1 Å². The van der Waals surface area contributed by atoms with Gasteiger partial charge in [0, 0.05) is 6.42 Å². The Balaban J connectivity index is 1.33. The first-order valence-electron chi connectivity index (χ1n) is 10.4. The molecule has 0 radical (unpaired) electrons. The predicted molar refractivity (Wildman–Crippen MR) is 107 cm³/mol. The number of ether oxygens (including phenoxy) is 1. The van der Waals surface area contributed by atoms with Crippen LogP contribution in [0.15, 0.2) is 35.4 Å². The summed E-state index contributed by atoms with van der Waals surface area (Å²) in [4.78, 5) is 51.1. The van der Waals surface area contributed by atoms with E-state index in [0.717, 1.165) is 29.0 Å². The third kappa shape index (κ3) is 3.74. The number of carbonyl (C=O) groups excluding carboxylic acids is 4. The number of esters is 1. The Morgan fingerprint density at radius 1 is 1.10 bits per heavy atom. The molecule has 2 heterocycles. The van der Waals surface area contributed by atoms with Crippen molar-refractivity contribution in [2.45, 2.75) is 45.1 Å². The normalized spacial score (nSPS) is 24.5. The molecule has 0 N–H and O–H groups in total. The van der Waals surface area contributed by atoms with Crippen molar-refractivity contribution < 1.29 is 23.9 Å². The molecule has 1 saturated heterocycles. The standard InChI is InChI=1S/C22H25N3O5/c1-14(25-20(27)16-9-5-6-10-17(16)21(25)28)22(29)30-13-19(26)24-12-11-18(23-24)15-7-3-2-4-8-15/h2-4,7-8,14,16-17H,5-6,9-13H2,1H3/t14-,16+,17+/m0/s1. The van der Waals surface area contributed by atoms with Gasteiger partial charge < -0.3 is 4.74 Å². The molecule has 1 aromatic rings. The van der Waals surface area contributed by atoms with E-state index in [4.69, 9.17) is 4.74 Å². The lowest BCUT2D eigenvalue weighted by atomic mass is 9.81. The van der Waals surface area contributed by atoms with Gasteiger partial charge in [-0.3, -0.25) is 19.3 Å². The molecule has 3 aliphatic rings. The van der Waals surface area contributed by atoms with Crippen molar-refractivity contribution in [1.29, 1.82) is 0 Å². The van der Waals surface area contributed by atoms with Gasteiger partial charge in [0.25, 0.3) is 5.91 Å². The highest BCUT2D eigenvalue weighted by Crippen LogP contribution is 2.38. The van der Waals surface area contributed by atoms with Crippen LogP contribution in [0.1, 0.15) is 44.6 Å². The Labute approximate surface area is 174 Å². The highest BCUT2D eigenvalue weighted by Gasteiger charge is 2.51. The molecule has 2 fully saturated rings. The molecule has 0 unspecified atom stereocenters. The maximum atomic E-state index is 12.6. The van der Waals surface area contributed by atoms with Crippen LogP contribution in [-0.4, -0.2) is 58.5 Å². The molecule has 0 spiro atoms. The Kier molecular flexibility index (Phi) is 5.65. The van der Waals surface area contributed by atoms with E-state index in [1.807, 2.05) is 30.3 Å². The Hall–Kier alpha value is -3.03. The zero-order valence-corrected chi connectivity index (χ0v) is 17.0. The zero-order valence-electron chi connectivity index (χ0n) is 17.0. The third-order valence-corrected chi connectivity index (χ3v) is 6.14. The van der Waals surface area contributed by atoms with Gasteiger partial charge in [-0.05, 0) is 25.3 Å². The highest BCUT2D eigenvalue weighted by atomic mass is 16.5. The second-order valence-corrected chi connectivity index (χ2v) is 8.01. The molecule has 4 rings (SSSR count). The molecule has 3 amide bonds. The van der Waals surface area contributed by atoms with Crippen LogP contribution in [-0.2, 0) is 23.9 Å². The first kappa shape index (κ1) is 20.3. The monoisotopic (exact) mass is 411 g/mol. The number of benzene rings is 1. The fourth-order valence-corrected chi connectivity index (χ4v) is 4.47. The van der Waals surface area contributed by atoms with Gasteiger partial charge in [-0.1, -0.05) is 43.2 Å². The van der Waals surface area contributed by atoms with Crippen molar-refractivity contribution in [3.8, 4) is 0 Å². The molecule has 1 aliphatic carbocycles. The average Bonchev–Trinajstić information content (AvgIpc) is 3.36. The lowest BCUT2D eigenvalue weighted by Crippen LogP contribution is -2.45. The van der Waals surface area contributed by atoms with E-state index >= 15 is 0 Å². The molecule has 30 heavy (non-hydrogen) atoms. The van der Waals surface area contributed by atoms with E-state index in [1.54, 1.807) is 0 Å². The minimum absolute atomic E-state index is 0.294. The molecule has 1 aromatic carbocycles. The first-order chi connectivity index (χ1) is 14.5. The van der Waals surface area contributed by atoms with E-state index < -0.39 is 24.5 Å². The van der Waals surface area contributed by atoms with Gasteiger partial charge in [-0.2, -0.15) is 5.10 Å². The number of carbonyl (C=O) groups is 4. The van der Waals surface area contributed by atoms with E-state index in [0.29, 0.717) is 25.8 Å². The van der Waals surface area contributed by atoms with Crippen molar-refractivity contribution in [2.24, 2.45) is 16.9 Å². The summed E-state index contributed by atoms with van der Waals surface area (Å²) in [7, 11) is 0. The molecule has 158 valence electrons. The van der Waals surface area contributed by atoms with Crippen LogP contribution in [0.2, 0.25) is 0 Å². The van der Waals surface area contributed by atoms with Gasteiger partial charge in [-0.15, -0.1) is 0 Å². The number of hydrogen-bond donors (Lipinski definition) is 0. The molecule has 3 atom stereocenters. The van der Waals surface area contributed by atoms with E-state index in [1.165, 1.54) is 11.9 Å². The van der Waals surface area contributed by atoms with Crippen LogP contribution in [0.4, 0.5) is 0 Å². The summed E-state index contributed by atoms with van der Waals surface area (Å²) in [5.74, 6) is -2.42. The fraction of sp³-hybridized carbons (Fsp3) is 0.500. The Morgan fingerprint density at radius 2 is 1.73 bits per heavy atom. The molecule has 8 heteroatoms. The molecule has 2 aliphatic heterocycles. The summed E-state index contributed by atoms with van der Waals surface area (Å²) in [6.45, 7) is 1.42. The van der Waals surface area contributed by atoms with Gasteiger partial charge in [-0.25, -0.2) is 9.80 Å². The van der Waals surface area contributed by atoms with Gasteiger partial charge in [0.1, 0.15) is 6.04 Å². The summed E-state index contributed by atoms with van der Waals surface area (Å²) in [5, 5.41) is 5.61. The van der Waals surface area contributed by atoms with E-state index in [9.17, 15) is 19.2 Å². The summed E-state index contributed by atoms with van der Waals surface area (Å²) in [6, 6.07) is 8.54. The molecular formula is C22H25N3O5. The highest BCUT2D eigenvalue weighted by molar-refractivity contribution is 6.08. The largest absolute Gasteiger partial charge is 0.454 e. The lowest BCUT2D eigenvalue weighted by molar-refractivity contribution is -0.161. The van der Waals surface area contributed by atoms with Crippen LogP contribution in [0, 0.1) is 11.8 Å². The molecule has 0 aromatic heterocycles. The van der Waals surface area contributed by atoms with Gasteiger partial charge in [0.2, 0.25) is 11.8 Å². The van der Waals surface area contributed by atoms with Crippen molar-refractivity contribution >= 4 is 29.4 Å². The number of hydrogen-bond acceptors (Lipinski definition) is 6. The number of imide groups is 1. The van der Waals surface area contributed by atoms with Gasteiger partial charge in [0.15, 0.2) is 6.61 Å². The van der Waals surface area contributed by atoms with Gasteiger partial charge >= 0.3 is 5.97 Å². The van der Waals surface area contributed by atoms with Crippen molar-refractivity contribution in [1.82, 2.24) is 9.91 Å². The summed E-state index contributed by atoms with van der Waals surface area (Å²) in [5.41, 5.74) is 1.76. The van der Waals surface area contributed by atoms with Crippen LogP contribution in [0.3, 0.4) is 0 Å². The van der Waals surface area contributed by atoms with Crippen molar-refractivity contribution in [2.75, 3.05) is 13.2 Å². The second kappa shape index (κ2) is 8.38. The minimum atomic E-state index is -1.04. The smallest absolute Gasteiger partial charge is 0.329 e. The minimum Gasteiger partial charge on any atom is -0.454 e. The molecular weight excluding hydrogens is 386 g/mol. The number of nitrogens with zero attached hydrogens (tertiary/aromatic N) is 3. The molecule has 0 bridgehead atoms. The first-order valence-corrected chi connectivity index (χ1v) is 10.4. The fourth-order valence-electron chi connectivity index (χ4n) is 4.47. The number of likely N-dealkylation sites (tertiary alicyclic amines) is 1. The van der Waals surface area contributed by atoms with Crippen LogP contribution in [0.25, 0.3) is 0 Å². The summed E-state index contributed by atoms with van der Waals surface area (Å²) >= 11 is 0. The van der Waals surface area contributed by atoms with Crippen molar-refractivity contribution in [3.05, 3.63) is 35.9 Å². The van der Waals surface area contributed by atoms with Crippen molar-refractivity contribution in [3.63, 3.8) is 0 Å². The third-order valence-electron chi connectivity index (χ3n) is 6.14. The van der Waals surface area contributed by atoms with Crippen LogP contribution >= 0.6 is 0 Å². The maximum absolute atomic E-state index is 12.6. The number of hydrazone groups is 1. The Bertz CT molecular complexity index is 873.